The van der Waals surface area contributed by atoms with Crippen molar-refractivity contribution < 1.29 is 12.8 Å². The van der Waals surface area contributed by atoms with Gasteiger partial charge in [-0.2, -0.15) is 0 Å². The van der Waals surface area contributed by atoms with E-state index in [-0.39, 0.29) is 29.9 Å². The van der Waals surface area contributed by atoms with Crippen LogP contribution in [0.15, 0.2) is 18.2 Å². The first-order valence-corrected chi connectivity index (χ1v) is 8.61. The summed E-state index contributed by atoms with van der Waals surface area (Å²) in [6.45, 7) is 0.752. The molecular weight excluding hydrogens is 291 g/mol. The van der Waals surface area contributed by atoms with Crippen molar-refractivity contribution in [2.75, 3.05) is 25.1 Å². The van der Waals surface area contributed by atoms with Crippen LogP contribution in [0.3, 0.4) is 0 Å². The van der Waals surface area contributed by atoms with Gasteiger partial charge in [0.25, 0.3) is 0 Å². The SMILES string of the molecule is CN(Cc1ccc(F)cc1C#CCN)C1CCS(=O)(=O)C1. The predicted molar refractivity (Wildman–Crippen MR) is 80.9 cm³/mol. The third-order valence-corrected chi connectivity index (χ3v) is 5.40. The van der Waals surface area contributed by atoms with Crippen molar-refractivity contribution in [3.63, 3.8) is 0 Å². The molecule has 0 amide bonds. The van der Waals surface area contributed by atoms with Gasteiger partial charge in [0.15, 0.2) is 9.84 Å². The molecule has 0 aliphatic carbocycles. The lowest BCUT2D eigenvalue weighted by atomic mass is 10.1. The maximum Gasteiger partial charge on any atom is 0.151 e. The number of nitrogens with zero attached hydrogens (tertiary/aromatic N) is 1. The van der Waals surface area contributed by atoms with E-state index < -0.39 is 9.84 Å². The first kappa shape index (κ1) is 16.0. The summed E-state index contributed by atoms with van der Waals surface area (Å²) in [5.41, 5.74) is 6.83. The number of hydrogen-bond donors (Lipinski definition) is 1. The van der Waals surface area contributed by atoms with Crippen molar-refractivity contribution in [3.05, 3.63) is 35.1 Å². The zero-order valence-corrected chi connectivity index (χ0v) is 12.8. The molecule has 1 atom stereocenters. The molecule has 1 fully saturated rings. The highest BCUT2D eigenvalue weighted by atomic mass is 32.2. The van der Waals surface area contributed by atoms with Gasteiger partial charge in [0.05, 0.1) is 18.1 Å². The fraction of sp³-hybridized carbons (Fsp3) is 0.467. The first-order chi connectivity index (χ1) is 9.91. The van der Waals surface area contributed by atoms with Gasteiger partial charge in [0.2, 0.25) is 0 Å². The van der Waals surface area contributed by atoms with E-state index >= 15 is 0 Å². The number of rotatable bonds is 3. The third-order valence-electron chi connectivity index (χ3n) is 3.65. The maximum absolute atomic E-state index is 13.3. The Hall–Kier alpha value is -1.42. The molecule has 0 spiro atoms. The van der Waals surface area contributed by atoms with Gasteiger partial charge in [-0.1, -0.05) is 17.9 Å². The van der Waals surface area contributed by atoms with E-state index in [0.29, 0.717) is 18.5 Å². The first-order valence-electron chi connectivity index (χ1n) is 6.79. The molecular formula is C15H19FN2O2S. The molecule has 4 nitrogen and oxygen atoms in total. The van der Waals surface area contributed by atoms with Crippen molar-refractivity contribution in [1.29, 1.82) is 0 Å². The van der Waals surface area contributed by atoms with Gasteiger partial charge in [0, 0.05) is 18.2 Å². The van der Waals surface area contributed by atoms with Crippen LogP contribution in [0.5, 0.6) is 0 Å². The zero-order chi connectivity index (χ0) is 15.5. The molecule has 1 aliphatic rings. The van der Waals surface area contributed by atoms with Crippen LogP contribution in [0.1, 0.15) is 17.5 Å². The van der Waals surface area contributed by atoms with Crippen LogP contribution in [0.4, 0.5) is 4.39 Å². The van der Waals surface area contributed by atoms with Crippen LogP contribution in [0, 0.1) is 17.7 Å². The summed E-state index contributed by atoms with van der Waals surface area (Å²) in [6, 6.07) is 4.48. The number of benzene rings is 1. The second-order valence-corrected chi connectivity index (χ2v) is 7.51. The Balaban J connectivity index is 2.15. The molecule has 1 saturated heterocycles. The van der Waals surface area contributed by atoms with E-state index in [0.717, 1.165) is 5.56 Å². The summed E-state index contributed by atoms with van der Waals surface area (Å²) >= 11 is 0. The van der Waals surface area contributed by atoms with Crippen LogP contribution in [0.2, 0.25) is 0 Å². The monoisotopic (exact) mass is 310 g/mol. The number of hydrogen-bond acceptors (Lipinski definition) is 4. The van der Waals surface area contributed by atoms with Gasteiger partial charge < -0.3 is 5.73 Å². The second-order valence-electron chi connectivity index (χ2n) is 5.28. The lowest BCUT2D eigenvalue weighted by molar-refractivity contribution is 0.253. The van der Waals surface area contributed by atoms with E-state index in [9.17, 15) is 12.8 Å². The quantitative estimate of drug-likeness (QED) is 0.837. The lowest BCUT2D eigenvalue weighted by Gasteiger charge is -2.23. The molecule has 2 N–H and O–H groups in total. The Kier molecular flexibility index (Phi) is 4.99. The third kappa shape index (κ3) is 4.27. The highest BCUT2D eigenvalue weighted by Crippen LogP contribution is 2.20. The number of halogens is 1. The summed E-state index contributed by atoms with van der Waals surface area (Å²) in [4.78, 5) is 1.99. The van der Waals surface area contributed by atoms with Crippen LogP contribution >= 0.6 is 0 Å². The van der Waals surface area contributed by atoms with Gasteiger partial charge in [-0.15, -0.1) is 0 Å². The molecule has 2 rings (SSSR count). The minimum atomic E-state index is -2.91. The molecule has 0 aromatic heterocycles. The smallest absolute Gasteiger partial charge is 0.151 e. The Bertz CT molecular complexity index is 677. The minimum Gasteiger partial charge on any atom is -0.320 e. The average Bonchev–Trinajstić information content (AvgIpc) is 2.79. The normalized spacial score (nSPS) is 20.3. The topological polar surface area (TPSA) is 63.4 Å². The highest BCUT2D eigenvalue weighted by Gasteiger charge is 2.30. The molecule has 0 radical (unpaired) electrons. The van der Waals surface area contributed by atoms with Gasteiger partial charge in [-0.05, 0) is 31.2 Å². The highest BCUT2D eigenvalue weighted by molar-refractivity contribution is 7.91. The lowest BCUT2D eigenvalue weighted by Crippen LogP contribution is -2.32. The van der Waals surface area contributed by atoms with Crippen molar-refractivity contribution in [3.8, 4) is 11.8 Å². The van der Waals surface area contributed by atoms with Crippen LogP contribution in [0.25, 0.3) is 0 Å². The van der Waals surface area contributed by atoms with Crippen molar-refractivity contribution in [2.45, 2.75) is 19.0 Å². The van der Waals surface area contributed by atoms with Crippen LogP contribution in [-0.4, -0.2) is 44.5 Å². The number of nitrogens with two attached hydrogens (primary N) is 1. The largest absolute Gasteiger partial charge is 0.320 e. The van der Waals surface area contributed by atoms with E-state index in [1.54, 1.807) is 6.07 Å². The Morgan fingerprint density at radius 3 is 2.86 bits per heavy atom. The Labute approximate surface area is 125 Å². The molecule has 1 heterocycles. The molecule has 21 heavy (non-hydrogen) atoms. The van der Waals surface area contributed by atoms with E-state index in [2.05, 4.69) is 11.8 Å². The molecule has 114 valence electrons. The van der Waals surface area contributed by atoms with Gasteiger partial charge >= 0.3 is 0 Å². The second kappa shape index (κ2) is 6.56. The Morgan fingerprint density at radius 1 is 1.48 bits per heavy atom. The minimum absolute atomic E-state index is 0.00960. The predicted octanol–water partition coefficient (Wildman–Crippen LogP) is 0.755. The summed E-state index contributed by atoms with van der Waals surface area (Å²) in [5.74, 6) is 5.68. The fourth-order valence-corrected chi connectivity index (χ4v) is 4.28. The molecule has 1 aromatic carbocycles. The van der Waals surface area contributed by atoms with Gasteiger partial charge in [0.1, 0.15) is 5.82 Å². The average molecular weight is 310 g/mol. The molecule has 1 unspecified atom stereocenters. The molecule has 0 bridgehead atoms. The van der Waals surface area contributed by atoms with Crippen molar-refractivity contribution >= 4 is 9.84 Å². The summed E-state index contributed by atoms with van der Waals surface area (Å²) < 4.78 is 36.4. The molecule has 6 heteroatoms. The molecule has 0 saturated carbocycles. The fourth-order valence-electron chi connectivity index (χ4n) is 2.47. The number of sulfone groups is 1. The van der Waals surface area contributed by atoms with Gasteiger partial charge in [-0.3, -0.25) is 4.90 Å². The summed E-state index contributed by atoms with van der Waals surface area (Å²) in [6.07, 6.45) is 0.643. The van der Waals surface area contributed by atoms with Crippen LogP contribution < -0.4 is 5.73 Å². The van der Waals surface area contributed by atoms with Crippen molar-refractivity contribution in [1.82, 2.24) is 4.90 Å². The van der Waals surface area contributed by atoms with Crippen LogP contribution in [-0.2, 0) is 16.4 Å². The standard InChI is InChI=1S/C15H19FN2O2S/c1-18(15-6-8-21(19,20)11-15)10-13-4-5-14(16)9-12(13)3-2-7-17/h4-5,9,15H,6-8,10-11,17H2,1H3. The maximum atomic E-state index is 13.3. The summed E-state index contributed by atoms with van der Waals surface area (Å²) in [7, 11) is -1.03. The molecule has 1 aromatic rings. The molecule has 1 aliphatic heterocycles. The van der Waals surface area contributed by atoms with Gasteiger partial charge in [-0.25, -0.2) is 12.8 Å². The Morgan fingerprint density at radius 2 is 2.24 bits per heavy atom. The van der Waals surface area contributed by atoms with E-state index in [1.807, 2.05) is 11.9 Å². The zero-order valence-electron chi connectivity index (χ0n) is 12.0. The van der Waals surface area contributed by atoms with E-state index in [4.69, 9.17) is 5.73 Å². The van der Waals surface area contributed by atoms with E-state index in [1.165, 1.54) is 12.1 Å². The van der Waals surface area contributed by atoms with Crippen molar-refractivity contribution in [2.24, 2.45) is 5.73 Å². The summed E-state index contributed by atoms with van der Waals surface area (Å²) in [5, 5.41) is 0.